The second-order valence-electron chi connectivity index (χ2n) is 7.37. The van der Waals surface area contributed by atoms with Gasteiger partial charge in [0.1, 0.15) is 18.3 Å². The fourth-order valence-electron chi connectivity index (χ4n) is 4.19. The van der Waals surface area contributed by atoms with Crippen molar-refractivity contribution < 1.29 is 14.3 Å². The van der Waals surface area contributed by atoms with Gasteiger partial charge in [0, 0.05) is 11.3 Å². The van der Waals surface area contributed by atoms with Crippen LogP contribution in [0.25, 0.3) is 0 Å². The van der Waals surface area contributed by atoms with Crippen LogP contribution in [0.1, 0.15) is 31.0 Å². The number of nitrogens with one attached hydrogen (secondary N) is 1. The van der Waals surface area contributed by atoms with E-state index >= 15 is 0 Å². The minimum atomic E-state index is -1.03. The summed E-state index contributed by atoms with van der Waals surface area (Å²) in [4.78, 5) is 15.0. The molecule has 0 radical (unpaired) electrons. The highest BCUT2D eigenvalue weighted by atomic mass is 32.1. The van der Waals surface area contributed by atoms with Crippen LogP contribution in [0, 0.1) is 5.92 Å². The molecule has 1 fully saturated rings. The van der Waals surface area contributed by atoms with Crippen LogP contribution in [0.4, 0.5) is 5.69 Å². The molecule has 2 aliphatic rings. The van der Waals surface area contributed by atoms with Gasteiger partial charge in [-0.2, -0.15) is 0 Å². The number of para-hydroxylation sites is 1. The van der Waals surface area contributed by atoms with E-state index in [0.717, 1.165) is 23.4 Å². The van der Waals surface area contributed by atoms with Crippen LogP contribution in [0.2, 0.25) is 0 Å². The normalized spacial score (nSPS) is 24.8. The number of rotatable bonds is 5. The third kappa shape index (κ3) is 3.17. The number of carbonyl (C=O) groups excluding carboxylic acids is 1. The van der Waals surface area contributed by atoms with Crippen molar-refractivity contribution in [1.82, 2.24) is 5.32 Å². The molecule has 4 rings (SSSR count). The molecule has 2 bridgehead atoms. The molecule has 0 amide bonds. The monoisotopic (exact) mass is 408 g/mol. The maximum absolute atomic E-state index is 13.1. The van der Waals surface area contributed by atoms with E-state index in [1.807, 2.05) is 48.2 Å². The highest BCUT2D eigenvalue weighted by Crippen LogP contribution is 2.49. The van der Waals surface area contributed by atoms with Crippen molar-refractivity contribution in [2.45, 2.75) is 32.0 Å². The number of ether oxygens (including phenoxy) is 2. The SMILES string of the molecule is C=CCOC(=O)C1C2NC(=S)N(c3ccc(CC)cc3)C1(C)Oc1ccccc12. The lowest BCUT2D eigenvalue weighted by atomic mass is 9.79. The molecule has 2 aliphatic heterocycles. The van der Waals surface area contributed by atoms with Crippen molar-refractivity contribution in [2.24, 2.45) is 5.92 Å². The minimum absolute atomic E-state index is 0.148. The molecule has 3 atom stereocenters. The number of benzene rings is 2. The third-order valence-corrected chi connectivity index (χ3v) is 5.91. The minimum Gasteiger partial charge on any atom is -0.466 e. The smallest absolute Gasteiger partial charge is 0.317 e. The molecule has 29 heavy (non-hydrogen) atoms. The van der Waals surface area contributed by atoms with Crippen LogP contribution >= 0.6 is 12.2 Å². The van der Waals surface area contributed by atoms with Crippen LogP contribution in [0.3, 0.4) is 0 Å². The zero-order chi connectivity index (χ0) is 20.6. The summed E-state index contributed by atoms with van der Waals surface area (Å²) >= 11 is 5.72. The van der Waals surface area contributed by atoms with Crippen LogP contribution in [-0.4, -0.2) is 23.4 Å². The van der Waals surface area contributed by atoms with E-state index in [4.69, 9.17) is 21.7 Å². The highest BCUT2D eigenvalue weighted by molar-refractivity contribution is 7.80. The molecule has 2 aromatic carbocycles. The average Bonchev–Trinajstić information content (AvgIpc) is 2.72. The molecule has 2 heterocycles. The summed E-state index contributed by atoms with van der Waals surface area (Å²) in [5, 5.41) is 3.88. The van der Waals surface area contributed by atoms with Crippen LogP contribution in [0.15, 0.2) is 61.2 Å². The van der Waals surface area contributed by atoms with Gasteiger partial charge in [0.15, 0.2) is 5.11 Å². The first-order valence-corrected chi connectivity index (χ1v) is 10.2. The van der Waals surface area contributed by atoms with Crippen molar-refractivity contribution in [1.29, 1.82) is 0 Å². The van der Waals surface area contributed by atoms with Crippen molar-refractivity contribution in [2.75, 3.05) is 11.5 Å². The first kappa shape index (κ1) is 19.5. The van der Waals surface area contributed by atoms with E-state index < -0.39 is 11.6 Å². The first-order valence-electron chi connectivity index (χ1n) is 9.74. The fourth-order valence-corrected chi connectivity index (χ4v) is 4.60. The van der Waals surface area contributed by atoms with E-state index in [1.165, 1.54) is 5.56 Å². The van der Waals surface area contributed by atoms with E-state index in [9.17, 15) is 4.79 Å². The predicted molar refractivity (Wildman–Crippen MR) is 117 cm³/mol. The summed E-state index contributed by atoms with van der Waals surface area (Å²) in [6, 6.07) is 15.5. The van der Waals surface area contributed by atoms with E-state index in [2.05, 4.69) is 31.0 Å². The summed E-state index contributed by atoms with van der Waals surface area (Å²) in [6.07, 6.45) is 2.51. The number of nitrogens with zero attached hydrogens (tertiary/aromatic N) is 1. The lowest BCUT2D eigenvalue weighted by Gasteiger charge is -2.55. The van der Waals surface area contributed by atoms with Crippen LogP contribution in [-0.2, 0) is 16.0 Å². The number of hydrogen-bond acceptors (Lipinski definition) is 4. The number of hydrogen-bond donors (Lipinski definition) is 1. The standard InChI is InChI=1S/C23H24N2O3S/c1-4-14-27-21(26)19-20-17-8-6-7-9-18(17)28-23(19,3)25(22(29)24-20)16-12-10-15(5-2)11-13-16/h4,6-13,19-20H,1,5,14H2,2-3H3,(H,24,29). The Labute approximate surface area is 176 Å². The van der Waals surface area contributed by atoms with Crippen LogP contribution in [0.5, 0.6) is 5.75 Å². The molecule has 0 aromatic heterocycles. The number of esters is 1. The summed E-state index contributed by atoms with van der Waals surface area (Å²) in [5.41, 5.74) is 1.95. The third-order valence-electron chi connectivity index (χ3n) is 5.61. The van der Waals surface area contributed by atoms with E-state index in [-0.39, 0.29) is 18.6 Å². The van der Waals surface area contributed by atoms with Gasteiger partial charge in [-0.1, -0.05) is 49.9 Å². The van der Waals surface area contributed by atoms with Gasteiger partial charge in [0.05, 0.1) is 6.04 Å². The second kappa shape index (κ2) is 7.52. The molecule has 6 heteroatoms. The summed E-state index contributed by atoms with van der Waals surface area (Å²) in [6.45, 7) is 7.80. The van der Waals surface area contributed by atoms with E-state index in [1.54, 1.807) is 6.08 Å². The average molecular weight is 409 g/mol. The maximum Gasteiger partial charge on any atom is 0.317 e. The molecular weight excluding hydrogens is 384 g/mol. The molecule has 5 nitrogen and oxygen atoms in total. The van der Waals surface area contributed by atoms with Crippen molar-refractivity contribution >= 4 is 29.0 Å². The number of carbonyl (C=O) groups is 1. The number of thiocarbonyl (C=S) groups is 1. The van der Waals surface area contributed by atoms with Gasteiger partial charge < -0.3 is 14.8 Å². The molecule has 0 aliphatic carbocycles. The molecular formula is C23H24N2O3S. The predicted octanol–water partition coefficient (Wildman–Crippen LogP) is 4.14. The Morgan fingerprint density at radius 2 is 2.03 bits per heavy atom. The molecule has 1 N–H and O–H groups in total. The Morgan fingerprint density at radius 3 is 2.72 bits per heavy atom. The number of aryl methyl sites for hydroxylation is 1. The lowest BCUT2D eigenvalue weighted by Crippen LogP contribution is -2.71. The Bertz CT molecular complexity index is 959. The first-order chi connectivity index (χ1) is 14.0. The van der Waals surface area contributed by atoms with Gasteiger partial charge in [-0.3, -0.25) is 9.69 Å². The van der Waals surface area contributed by atoms with Gasteiger partial charge in [-0.05, 0) is 49.3 Å². The zero-order valence-corrected chi connectivity index (χ0v) is 17.4. The highest BCUT2D eigenvalue weighted by Gasteiger charge is 2.59. The van der Waals surface area contributed by atoms with Gasteiger partial charge in [0.2, 0.25) is 5.72 Å². The molecule has 0 saturated carbocycles. The quantitative estimate of drug-likeness (QED) is 0.456. The van der Waals surface area contributed by atoms with E-state index in [0.29, 0.717) is 5.11 Å². The zero-order valence-electron chi connectivity index (χ0n) is 16.6. The summed E-state index contributed by atoms with van der Waals surface area (Å²) in [7, 11) is 0. The number of fused-ring (bicyclic) bond motifs is 4. The van der Waals surface area contributed by atoms with Gasteiger partial charge in [0.25, 0.3) is 0 Å². The van der Waals surface area contributed by atoms with Crippen molar-refractivity contribution in [3.63, 3.8) is 0 Å². The molecule has 150 valence electrons. The largest absolute Gasteiger partial charge is 0.466 e. The van der Waals surface area contributed by atoms with Crippen molar-refractivity contribution in [3.8, 4) is 5.75 Å². The fraction of sp³-hybridized carbons (Fsp3) is 0.304. The van der Waals surface area contributed by atoms with Gasteiger partial charge >= 0.3 is 5.97 Å². The van der Waals surface area contributed by atoms with Crippen molar-refractivity contribution in [3.05, 3.63) is 72.3 Å². The molecule has 2 aromatic rings. The molecule has 3 unspecified atom stereocenters. The van der Waals surface area contributed by atoms with Gasteiger partial charge in [-0.25, -0.2) is 0 Å². The Kier molecular flexibility index (Phi) is 5.04. The summed E-state index contributed by atoms with van der Waals surface area (Å²) in [5.74, 6) is -0.232. The molecule has 1 saturated heterocycles. The van der Waals surface area contributed by atoms with Gasteiger partial charge in [-0.15, -0.1) is 0 Å². The number of anilines is 1. The molecule has 0 spiro atoms. The van der Waals surface area contributed by atoms with Crippen LogP contribution < -0.4 is 15.0 Å². The summed E-state index contributed by atoms with van der Waals surface area (Å²) < 4.78 is 11.9. The Morgan fingerprint density at radius 1 is 1.31 bits per heavy atom. The lowest BCUT2D eigenvalue weighted by molar-refractivity contribution is -0.159. The maximum atomic E-state index is 13.1. The Hall–Kier alpha value is -2.86. The second-order valence-corrected chi connectivity index (χ2v) is 7.76. The topological polar surface area (TPSA) is 50.8 Å². The Balaban J connectivity index is 1.83.